The Kier molecular flexibility index (Phi) is 7.94. The Morgan fingerprint density at radius 2 is 1.50 bits per heavy atom. The van der Waals surface area contributed by atoms with Gasteiger partial charge < -0.3 is 26.0 Å². The molecule has 30 heavy (non-hydrogen) atoms. The lowest BCUT2D eigenvalue weighted by Gasteiger charge is -2.22. The largest absolute Gasteiger partial charge is 0.497 e. The van der Waals surface area contributed by atoms with E-state index in [-0.39, 0.29) is 24.4 Å². The first kappa shape index (κ1) is 21.5. The predicted molar refractivity (Wildman–Crippen MR) is 119 cm³/mol. The summed E-state index contributed by atoms with van der Waals surface area (Å²) in [6, 6.07) is 15.2. The first-order valence-corrected chi connectivity index (χ1v) is 10.5. The van der Waals surface area contributed by atoms with Crippen LogP contribution in [0.4, 0.5) is 21.9 Å². The molecule has 2 aromatic carbocycles. The van der Waals surface area contributed by atoms with Crippen molar-refractivity contribution < 1.29 is 14.3 Å². The fraction of sp³-hybridized carbons (Fsp3) is 0.391. The van der Waals surface area contributed by atoms with Gasteiger partial charge in [-0.15, -0.1) is 0 Å². The van der Waals surface area contributed by atoms with E-state index in [1.54, 1.807) is 7.11 Å². The minimum Gasteiger partial charge on any atom is -0.497 e. The molecule has 3 amide bonds. The number of urea groups is 1. The molecule has 0 aliphatic heterocycles. The molecule has 7 nitrogen and oxygen atoms in total. The van der Waals surface area contributed by atoms with Gasteiger partial charge in [-0.3, -0.25) is 4.79 Å². The van der Waals surface area contributed by atoms with Gasteiger partial charge in [0.2, 0.25) is 5.91 Å². The maximum atomic E-state index is 12.1. The maximum Gasteiger partial charge on any atom is 0.315 e. The van der Waals surface area contributed by atoms with Crippen molar-refractivity contribution >= 4 is 29.0 Å². The highest BCUT2D eigenvalue weighted by Gasteiger charge is 2.15. The average molecular weight is 411 g/mol. The smallest absolute Gasteiger partial charge is 0.315 e. The molecule has 2 aromatic rings. The second kappa shape index (κ2) is 11.1. The van der Waals surface area contributed by atoms with Crippen LogP contribution in [-0.4, -0.2) is 31.6 Å². The van der Waals surface area contributed by atoms with Crippen molar-refractivity contribution in [1.82, 2.24) is 10.6 Å². The summed E-state index contributed by atoms with van der Waals surface area (Å²) in [4.78, 5) is 24.0. The molecule has 1 aliphatic rings. The summed E-state index contributed by atoms with van der Waals surface area (Å²) < 4.78 is 5.15. The predicted octanol–water partition coefficient (Wildman–Crippen LogP) is 4.40. The van der Waals surface area contributed by atoms with E-state index in [4.69, 9.17) is 4.74 Å². The van der Waals surface area contributed by atoms with Gasteiger partial charge in [-0.2, -0.15) is 0 Å². The van der Waals surface area contributed by atoms with Crippen LogP contribution in [0.15, 0.2) is 48.5 Å². The van der Waals surface area contributed by atoms with E-state index >= 15 is 0 Å². The molecule has 0 atom stereocenters. The van der Waals surface area contributed by atoms with Crippen molar-refractivity contribution in [2.24, 2.45) is 0 Å². The maximum absolute atomic E-state index is 12.1. The first-order valence-electron chi connectivity index (χ1n) is 10.5. The summed E-state index contributed by atoms with van der Waals surface area (Å²) in [6.45, 7) is 0.307. The Morgan fingerprint density at radius 1 is 0.900 bits per heavy atom. The number of rotatable bonds is 8. The fourth-order valence-electron chi connectivity index (χ4n) is 3.47. The summed E-state index contributed by atoms with van der Waals surface area (Å²) in [7, 11) is 1.64. The number of hydrogen-bond acceptors (Lipinski definition) is 4. The van der Waals surface area contributed by atoms with Gasteiger partial charge in [-0.25, -0.2) is 4.79 Å². The Hall–Kier alpha value is -3.22. The molecule has 0 radical (unpaired) electrons. The van der Waals surface area contributed by atoms with E-state index in [0.717, 1.165) is 30.0 Å². The van der Waals surface area contributed by atoms with E-state index in [1.165, 1.54) is 19.3 Å². The summed E-state index contributed by atoms with van der Waals surface area (Å²) in [5, 5.41) is 11.9. The van der Waals surface area contributed by atoms with Crippen LogP contribution >= 0.6 is 0 Å². The second-order valence-corrected chi connectivity index (χ2v) is 7.46. The lowest BCUT2D eigenvalue weighted by molar-refractivity contribution is -0.116. The van der Waals surface area contributed by atoms with Crippen LogP contribution in [0.2, 0.25) is 0 Å². The Morgan fingerprint density at radius 3 is 2.13 bits per heavy atom. The van der Waals surface area contributed by atoms with Crippen molar-refractivity contribution in [3.63, 3.8) is 0 Å². The number of nitrogens with one attached hydrogen (secondary N) is 4. The number of carbonyl (C=O) groups excluding carboxylic acids is 2. The minimum atomic E-state index is -0.191. The second-order valence-electron chi connectivity index (χ2n) is 7.46. The van der Waals surface area contributed by atoms with Gasteiger partial charge in [0.05, 0.1) is 7.11 Å². The molecule has 0 bridgehead atoms. The lowest BCUT2D eigenvalue weighted by atomic mass is 9.96. The monoisotopic (exact) mass is 410 g/mol. The molecule has 0 unspecified atom stereocenters. The molecule has 160 valence electrons. The zero-order chi connectivity index (χ0) is 21.2. The van der Waals surface area contributed by atoms with Gasteiger partial charge in [-0.1, -0.05) is 19.3 Å². The van der Waals surface area contributed by atoms with Crippen molar-refractivity contribution in [1.29, 1.82) is 0 Å². The van der Waals surface area contributed by atoms with Gasteiger partial charge in [0.15, 0.2) is 0 Å². The summed E-state index contributed by atoms with van der Waals surface area (Å²) in [6.07, 6.45) is 5.89. The molecule has 0 saturated heterocycles. The minimum absolute atomic E-state index is 0.135. The van der Waals surface area contributed by atoms with E-state index in [9.17, 15) is 9.59 Å². The number of carbonyl (C=O) groups is 2. The highest BCUT2D eigenvalue weighted by Crippen LogP contribution is 2.21. The third kappa shape index (κ3) is 6.99. The highest BCUT2D eigenvalue weighted by atomic mass is 16.5. The number of hydrogen-bond donors (Lipinski definition) is 4. The Labute approximate surface area is 177 Å². The fourth-order valence-corrected chi connectivity index (χ4v) is 3.47. The van der Waals surface area contributed by atoms with Crippen LogP contribution in [0.25, 0.3) is 0 Å². The van der Waals surface area contributed by atoms with Gasteiger partial charge in [0, 0.05) is 36.1 Å². The van der Waals surface area contributed by atoms with Crippen molar-refractivity contribution in [2.75, 3.05) is 24.3 Å². The molecule has 1 saturated carbocycles. The zero-order valence-corrected chi connectivity index (χ0v) is 17.4. The third-order valence-electron chi connectivity index (χ3n) is 5.13. The Bertz CT molecular complexity index is 815. The zero-order valence-electron chi connectivity index (χ0n) is 17.4. The molecule has 4 N–H and O–H groups in total. The SMILES string of the molecule is COc1ccc(Nc2ccc(NC(=O)CCNC(=O)NC3CCCCC3)cc2)cc1. The van der Waals surface area contributed by atoms with Crippen LogP contribution < -0.4 is 26.0 Å². The standard InChI is InChI=1S/C23H30N4O3/c1-30-21-13-11-19(12-14-21)25-18-7-9-20(10-8-18)26-22(28)15-16-24-23(29)27-17-5-3-2-4-6-17/h7-14,17,25H,2-6,15-16H2,1H3,(H,26,28)(H2,24,27,29). The van der Waals surface area contributed by atoms with Gasteiger partial charge in [-0.05, 0) is 61.4 Å². The molecule has 3 rings (SSSR count). The Balaban J connectivity index is 1.36. The number of ether oxygens (including phenoxy) is 1. The molecule has 0 aromatic heterocycles. The van der Waals surface area contributed by atoms with Crippen LogP contribution in [0, 0.1) is 0 Å². The summed E-state index contributed by atoms with van der Waals surface area (Å²) >= 11 is 0. The number of anilines is 3. The molecular weight excluding hydrogens is 380 g/mol. The topological polar surface area (TPSA) is 91.5 Å². The van der Waals surface area contributed by atoms with Crippen molar-refractivity contribution in [2.45, 2.75) is 44.6 Å². The first-order chi connectivity index (χ1) is 14.6. The average Bonchev–Trinajstić information content (AvgIpc) is 2.76. The summed E-state index contributed by atoms with van der Waals surface area (Å²) in [5.41, 5.74) is 2.58. The molecule has 7 heteroatoms. The molecule has 0 heterocycles. The molecular formula is C23H30N4O3. The van der Waals surface area contributed by atoms with E-state index in [0.29, 0.717) is 12.2 Å². The quantitative estimate of drug-likeness (QED) is 0.519. The third-order valence-corrected chi connectivity index (χ3v) is 5.13. The van der Waals surface area contributed by atoms with Gasteiger partial charge >= 0.3 is 6.03 Å². The van der Waals surface area contributed by atoms with Crippen LogP contribution in [-0.2, 0) is 4.79 Å². The molecule has 1 fully saturated rings. The molecule has 0 spiro atoms. The lowest BCUT2D eigenvalue weighted by Crippen LogP contribution is -2.43. The van der Waals surface area contributed by atoms with Crippen LogP contribution in [0.5, 0.6) is 5.75 Å². The van der Waals surface area contributed by atoms with Crippen molar-refractivity contribution in [3.05, 3.63) is 48.5 Å². The summed E-state index contributed by atoms with van der Waals surface area (Å²) in [5.74, 6) is 0.670. The van der Waals surface area contributed by atoms with E-state index in [2.05, 4.69) is 21.3 Å². The van der Waals surface area contributed by atoms with Crippen LogP contribution in [0.3, 0.4) is 0 Å². The van der Waals surface area contributed by atoms with Gasteiger partial charge in [0.25, 0.3) is 0 Å². The number of amides is 3. The number of methoxy groups -OCH3 is 1. The van der Waals surface area contributed by atoms with Crippen molar-refractivity contribution in [3.8, 4) is 5.75 Å². The number of benzene rings is 2. The normalized spacial score (nSPS) is 13.9. The molecule has 1 aliphatic carbocycles. The van der Waals surface area contributed by atoms with E-state index in [1.807, 2.05) is 48.5 Å². The van der Waals surface area contributed by atoms with E-state index < -0.39 is 0 Å². The van der Waals surface area contributed by atoms with Gasteiger partial charge in [0.1, 0.15) is 5.75 Å². The highest BCUT2D eigenvalue weighted by molar-refractivity contribution is 5.91. The van der Waals surface area contributed by atoms with Crippen LogP contribution in [0.1, 0.15) is 38.5 Å².